The second-order valence-corrected chi connectivity index (χ2v) is 5.72. The first-order chi connectivity index (χ1) is 11.7. The van der Waals surface area contributed by atoms with Crippen molar-refractivity contribution in [3.8, 4) is 5.75 Å². The lowest BCUT2D eigenvalue weighted by Crippen LogP contribution is -2.20. The molecule has 4 rings (SSSR count). The Hall–Kier alpha value is -3.08. The number of allylic oxidation sites excluding steroid dienone is 1. The summed E-state index contributed by atoms with van der Waals surface area (Å²) in [6.07, 6.45) is 2.18. The van der Waals surface area contributed by atoms with Crippen molar-refractivity contribution in [2.45, 2.75) is 13.0 Å². The summed E-state index contributed by atoms with van der Waals surface area (Å²) in [6.45, 7) is 1.90. The van der Waals surface area contributed by atoms with E-state index in [1.165, 1.54) is 5.56 Å². The first-order valence-electron chi connectivity index (χ1n) is 7.86. The Bertz CT molecular complexity index is 881. The Morgan fingerprint density at radius 2 is 1.79 bits per heavy atom. The second kappa shape index (κ2) is 5.85. The van der Waals surface area contributed by atoms with Gasteiger partial charge in [-0.3, -0.25) is 0 Å². The number of fused-ring (bicyclic) bond motifs is 1. The van der Waals surface area contributed by atoms with Gasteiger partial charge in [-0.1, -0.05) is 30.3 Å². The molecule has 1 aliphatic rings. The summed E-state index contributed by atoms with van der Waals surface area (Å²) in [4.78, 5) is 4.51. The van der Waals surface area contributed by atoms with E-state index in [-0.39, 0.29) is 6.04 Å². The largest absolute Gasteiger partial charge is 0.497 e. The maximum absolute atomic E-state index is 5.24. The molecule has 1 N–H and O–H groups in total. The highest BCUT2D eigenvalue weighted by atomic mass is 16.5. The fraction of sp³-hybridized carbons (Fsp3) is 0.158. The minimum Gasteiger partial charge on any atom is -0.497 e. The lowest BCUT2D eigenvalue weighted by Gasteiger charge is -2.24. The molecule has 3 aromatic rings. The molecule has 0 bridgehead atoms. The molecule has 0 saturated heterocycles. The highest BCUT2D eigenvalue weighted by Crippen LogP contribution is 2.32. The number of ether oxygens (including phenoxy) is 1. The number of nitrogens with one attached hydrogen (secondary N) is 1. The molecule has 120 valence electrons. The molecule has 1 atom stereocenters. The zero-order valence-electron chi connectivity index (χ0n) is 13.6. The third-order valence-corrected chi connectivity index (χ3v) is 4.11. The third kappa shape index (κ3) is 2.54. The van der Waals surface area contributed by atoms with Crippen molar-refractivity contribution in [3.63, 3.8) is 0 Å². The molecule has 1 aromatic heterocycles. The molecule has 2 aromatic carbocycles. The predicted molar refractivity (Wildman–Crippen MR) is 93.9 cm³/mol. The van der Waals surface area contributed by atoms with Crippen molar-refractivity contribution in [1.82, 2.24) is 14.8 Å². The number of anilines is 1. The third-order valence-electron chi connectivity index (χ3n) is 4.11. The van der Waals surface area contributed by atoms with E-state index in [0.717, 1.165) is 28.8 Å². The van der Waals surface area contributed by atoms with E-state index < -0.39 is 0 Å². The molecule has 0 unspecified atom stereocenters. The number of methoxy groups -OCH3 is 1. The molecular formula is C19H18N4O. The van der Waals surface area contributed by atoms with Gasteiger partial charge in [-0.05, 0) is 48.4 Å². The number of nitrogens with zero attached hydrogens (tertiary/aromatic N) is 3. The number of aromatic nitrogens is 3. The monoisotopic (exact) mass is 318 g/mol. The molecule has 0 radical (unpaired) electrons. The van der Waals surface area contributed by atoms with Gasteiger partial charge < -0.3 is 10.1 Å². The maximum atomic E-state index is 5.24. The van der Waals surface area contributed by atoms with Crippen LogP contribution in [0.25, 0.3) is 5.70 Å². The van der Waals surface area contributed by atoms with Gasteiger partial charge in [0.25, 0.3) is 0 Å². The predicted octanol–water partition coefficient (Wildman–Crippen LogP) is 3.65. The SMILES string of the molecule is COc1ccc(C2=C[C@@H](c3ccccc3)n3nc(C)nc3N2)cc1. The first kappa shape index (κ1) is 14.5. The summed E-state index contributed by atoms with van der Waals surface area (Å²) >= 11 is 0. The van der Waals surface area contributed by atoms with Gasteiger partial charge in [0.05, 0.1) is 7.11 Å². The molecule has 0 aliphatic carbocycles. The number of benzene rings is 2. The zero-order valence-corrected chi connectivity index (χ0v) is 13.6. The topological polar surface area (TPSA) is 52.0 Å². The summed E-state index contributed by atoms with van der Waals surface area (Å²) in [6, 6.07) is 18.3. The summed E-state index contributed by atoms with van der Waals surface area (Å²) in [5, 5.41) is 7.92. The van der Waals surface area contributed by atoms with Gasteiger partial charge in [0.1, 0.15) is 17.6 Å². The van der Waals surface area contributed by atoms with Gasteiger partial charge in [0.15, 0.2) is 0 Å². The quantitative estimate of drug-likeness (QED) is 0.801. The minimum absolute atomic E-state index is 0.0146. The van der Waals surface area contributed by atoms with Crippen LogP contribution >= 0.6 is 0 Å². The van der Waals surface area contributed by atoms with Gasteiger partial charge >= 0.3 is 0 Å². The Kier molecular flexibility index (Phi) is 3.54. The lowest BCUT2D eigenvalue weighted by atomic mass is 10.0. The summed E-state index contributed by atoms with van der Waals surface area (Å²) in [5.74, 6) is 2.35. The van der Waals surface area contributed by atoms with Crippen LogP contribution in [-0.2, 0) is 0 Å². The van der Waals surface area contributed by atoms with Crippen LogP contribution in [0.4, 0.5) is 5.95 Å². The number of rotatable bonds is 3. The minimum atomic E-state index is 0.0146. The Labute approximate surface area is 140 Å². The average Bonchev–Trinajstić information content (AvgIpc) is 3.02. The van der Waals surface area contributed by atoms with E-state index in [0.29, 0.717) is 0 Å². The number of hydrogen-bond acceptors (Lipinski definition) is 4. The number of hydrogen-bond donors (Lipinski definition) is 1. The normalized spacial score (nSPS) is 16.1. The van der Waals surface area contributed by atoms with E-state index in [9.17, 15) is 0 Å². The number of aryl methyl sites for hydroxylation is 1. The van der Waals surface area contributed by atoms with Crippen LogP contribution in [0.2, 0.25) is 0 Å². The van der Waals surface area contributed by atoms with E-state index in [2.05, 4.69) is 33.6 Å². The van der Waals surface area contributed by atoms with Crippen molar-refractivity contribution < 1.29 is 4.74 Å². The molecule has 5 heteroatoms. The molecule has 0 amide bonds. The highest BCUT2D eigenvalue weighted by Gasteiger charge is 2.24. The van der Waals surface area contributed by atoms with Crippen LogP contribution in [0.3, 0.4) is 0 Å². The van der Waals surface area contributed by atoms with Crippen LogP contribution in [0.5, 0.6) is 5.75 Å². The van der Waals surface area contributed by atoms with Crippen LogP contribution in [0.1, 0.15) is 23.0 Å². The highest BCUT2D eigenvalue weighted by molar-refractivity contribution is 5.77. The summed E-state index contributed by atoms with van der Waals surface area (Å²) < 4.78 is 7.17. The van der Waals surface area contributed by atoms with E-state index >= 15 is 0 Å². The van der Waals surface area contributed by atoms with Crippen molar-refractivity contribution in [3.05, 3.63) is 77.6 Å². The van der Waals surface area contributed by atoms with Crippen LogP contribution < -0.4 is 10.1 Å². The first-order valence-corrected chi connectivity index (χ1v) is 7.86. The van der Waals surface area contributed by atoms with Crippen molar-refractivity contribution >= 4 is 11.6 Å². The average molecular weight is 318 g/mol. The van der Waals surface area contributed by atoms with Crippen molar-refractivity contribution in [2.24, 2.45) is 0 Å². The van der Waals surface area contributed by atoms with E-state index in [1.807, 2.05) is 54.1 Å². The zero-order chi connectivity index (χ0) is 16.5. The molecule has 5 nitrogen and oxygen atoms in total. The maximum Gasteiger partial charge on any atom is 0.226 e. The standard InChI is InChI=1S/C19H18N4O/c1-13-20-19-21-17(14-8-10-16(24-2)11-9-14)12-18(23(19)22-13)15-6-4-3-5-7-15/h3-12,18H,1-2H3,(H,20,21,22)/t18-/m0/s1. The second-order valence-electron chi connectivity index (χ2n) is 5.72. The smallest absolute Gasteiger partial charge is 0.226 e. The van der Waals surface area contributed by atoms with E-state index in [1.54, 1.807) is 7.11 Å². The molecule has 0 spiro atoms. The van der Waals surface area contributed by atoms with Crippen LogP contribution in [0.15, 0.2) is 60.7 Å². The van der Waals surface area contributed by atoms with Gasteiger partial charge in [0.2, 0.25) is 5.95 Å². The van der Waals surface area contributed by atoms with Crippen LogP contribution in [0, 0.1) is 6.92 Å². The van der Waals surface area contributed by atoms with E-state index in [4.69, 9.17) is 4.74 Å². The summed E-state index contributed by atoms with van der Waals surface area (Å²) in [7, 11) is 1.67. The molecule has 1 aliphatic heterocycles. The van der Waals surface area contributed by atoms with Crippen molar-refractivity contribution in [1.29, 1.82) is 0 Å². The van der Waals surface area contributed by atoms with Gasteiger partial charge in [-0.25, -0.2) is 4.68 Å². The molecule has 0 saturated carbocycles. The lowest BCUT2D eigenvalue weighted by molar-refractivity contribution is 0.415. The molecular weight excluding hydrogens is 300 g/mol. The molecule has 2 heterocycles. The Morgan fingerprint density at radius 1 is 1.04 bits per heavy atom. The Morgan fingerprint density at radius 3 is 2.50 bits per heavy atom. The Balaban J connectivity index is 1.79. The van der Waals surface area contributed by atoms with Crippen LogP contribution in [-0.4, -0.2) is 21.9 Å². The molecule has 24 heavy (non-hydrogen) atoms. The summed E-state index contributed by atoms with van der Waals surface area (Å²) in [5.41, 5.74) is 3.28. The fourth-order valence-corrected chi connectivity index (χ4v) is 2.93. The fourth-order valence-electron chi connectivity index (χ4n) is 2.93. The van der Waals surface area contributed by atoms with Crippen molar-refractivity contribution in [2.75, 3.05) is 12.4 Å². The van der Waals surface area contributed by atoms with Gasteiger partial charge in [-0.2, -0.15) is 10.1 Å². The van der Waals surface area contributed by atoms with Gasteiger partial charge in [-0.15, -0.1) is 0 Å². The molecule has 0 fully saturated rings. The van der Waals surface area contributed by atoms with Gasteiger partial charge in [0, 0.05) is 5.70 Å².